The molecule has 1 aliphatic rings. The van der Waals surface area contributed by atoms with Crippen LogP contribution in [0.4, 0.5) is 5.69 Å². The van der Waals surface area contributed by atoms with Crippen molar-refractivity contribution in [1.29, 1.82) is 0 Å². The predicted molar refractivity (Wildman–Crippen MR) is 80.5 cm³/mol. The van der Waals surface area contributed by atoms with Gasteiger partial charge in [0.25, 0.3) is 5.69 Å². The van der Waals surface area contributed by atoms with Crippen molar-refractivity contribution in [2.45, 2.75) is 25.3 Å². The summed E-state index contributed by atoms with van der Waals surface area (Å²) in [7, 11) is 0. The Morgan fingerprint density at radius 1 is 1.38 bits per heavy atom. The van der Waals surface area contributed by atoms with E-state index in [1.54, 1.807) is 18.2 Å². The molecule has 1 fully saturated rings. The maximum absolute atomic E-state index is 11.9. The number of amides is 1. The van der Waals surface area contributed by atoms with Gasteiger partial charge >= 0.3 is 0 Å². The first-order valence-corrected chi connectivity index (χ1v) is 7.03. The van der Waals surface area contributed by atoms with Crippen LogP contribution in [-0.4, -0.2) is 23.4 Å². The molecule has 1 aromatic carbocycles. The maximum atomic E-state index is 11.9. The van der Waals surface area contributed by atoms with Gasteiger partial charge in [0.1, 0.15) is 0 Å². The zero-order valence-electron chi connectivity index (χ0n) is 11.7. The van der Waals surface area contributed by atoms with Crippen molar-refractivity contribution in [1.82, 2.24) is 5.32 Å². The Bertz CT molecular complexity index is 540. The summed E-state index contributed by atoms with van der Waals surface area (Å²) in [6.45, 7) is 0.594. The van der Waals surface area contributed by atoms with Crippen LogP contribution >= 0.6 is 0 Å². The van der Waals surface area contributed by atoms with E-state index in [1.807, 2.05) is 0 Å². The first kappa shape index (κ1) is 15.2. The smallest absolute Gasteiger partial charge is 0.269 e. The number of nitrogens with one attached hydrogen (secondary N) is 1. The Morgan fingerprint density at radius 3 is 2.71 bits per heavy atom. The highest BCUT2D eigenvalue weighted by molar-refractivity contribution is 5.91. The fraction of sp³-hybridized carbons (Fsp3) is 0.400. The van der Waals surface area contributed by atoms with E-state index in [0.717, 1.165) is 24.8 Å². The molecule has 1 aromatic rings. The Morgan fingerprint density at radius 2 is 2.10 bits per heavy atom. The second-order valence-electron chi connectivity index (χ2n) is 5.22. The van der Waals surface area contributed by atoms with Crippen molar-refractivity contribution in [3.8, 4) is 0 Å². The van der Waals surface area contributed by atoms with Crippen molar-refractivity contribution >= 4 is 17.7 Å². The van der Waals surface area contributed by atoms with Gasteiger partial charge in [0, 0.05) is 24.3 Å². The number of hydrogen-bond donors (Lipinski definition) is 2. The zero-order valence-corrected chi connectivity index (χ0v) is 11.7. The van der Waals surface area contributed by atoms with Crippen LogP contribution in [0.25, 0.3) is 6.08 Å². The molecule has 0 bridgehead atoms. The van der Waals surface area contributed by atoms with E-state index in [9.17, 15) is 14.9 Å². The minimum Gasteiger partial charge on any atom is -0.349 e. The third-order valence-electron chi connectivity index (χ3n) is 3.82. The van der Waals surface area contributed by atoms with Crippen molar-refractivity contribution in [3.05, 3.63) is 46.0 Å². The summed E-state index contributed by atoms with van der Waals surface area (Å²) < 4.78 is 0. The average molecular weight is 289 g/mol. The SMILES string of the molecule is NCC1CCCC1NC(=O)C=Cc1ccc([N+](=O)[O-])cc1. The van der Waals surface area contributed by atoms with Gasteiger partial charge in [-0.15, -0.1) is 0 Å². The molecule has 1 saturated carbocycles. The minimum absolute atomic E-state index is 0.0355. The van der Waals surface area contributed by atoms with Gasteiger partial charge in [0.05, 0.1) is 4.92 Å². The first-order valence-electron chi connectivity index (χ1n) is 7.03. The van der Waals surface area contributed by atoms with E-state index < -0.39 is 4.92 Å². The Labute approximate surface area is 123 Å². The molecule has 6 heteroatoms. The molecule has 1 aliphatic carbocycles. The van der Waals surface area contributed by atoms with Gasteiger partial charge in [0.2, 0.25) is 5.91 Å². The van der Waals surface area contributed by atoms with Crippen LogP contribution in [0.1, 0.15) is 24.8 Å². The fourth-order valence-electron chi connectivity index (χ4n) is 2.62. The molecule has 0 heterocycles. The van der Waals surface area contributed by atoms with Crippen molar-refractivity contribution in [3.63, 3.8) is 0 Å². The van der Waals surface area contributed by atoms with E-state index in [2.05, 4.69) is 5.32 Å². The fourth-order valence-corrected chi connectivity index (χ4v) is 2.62. The van der Waals surface area contributed by atoms with Gasteiger partial charge in [-0.25, -0.2) is 0 Å². The zero-order chi connectivity index (χ0) is 15.2. The lowest BCUT2D eigenvalue weighted by Gasteiger charge is -2.18. The van der Waals surface area contributed by atoms with E-state index in [0.29, 0.717) is 12.5 Å². The molecule has 2 unspecified atom stereocenters. The normalized spacial score (nSPS) is 21.6. The number of nitrogens with zero attached hydrogens (tertiary/aromatic N) is 1. The van der Waals surface area contributed by atoms with Crippen LogP contribution in [0, 0.1) is 16.0 Å². The van der Waals surface area contributed by atoms with Crippen molar-refractivity contribution < 1.29 is 9.72 Å². The number of nitro benzene ring substituents is 1. The second kappa shape index (κ2) is 6.99. The molecule has 2 atom stereocenters. The van der Waals surface area contributed by atoms with E-state index in [-0.39, 0.29) is 17.6 Å². The van der Waals surface area contributed by atoms with Crippen LogP contribution in [0.3, 0.4) is 0 Å². The molecule has 0 aromatic heterocycles. The summed E-state index contributed by atoms with van der Waals surface area (Å²) in [5, 5.41) is 13.5. The lowest BCUT2D eigenvalue weighted by Crippen LogP contribution is -2.39. The van der Waals surface area contributed by atoms with Crippen LogP contribution in [-0.2, 0) is 4.79 Å². The van der Waals surface area contributed by atoms with E-state index in [1.165, 1.54) is 18.2 Å². The molecule has 6 nitrogen and oxygen atoms in total. The summed E-state index contributed by atoms with van der Waals surface area (Å²) in [5.41, 5.74) is 6.46. The number of nitro groups is 1. The lowest BCUT2D eigenvalue weighted by atomic mass is 10.0. The van der Waals surface area contributed by atoms with Gasteiger partial charge in [-0.2, -0.15) is 0 Å². The highest BCUT2D eigenvalue weighted by Crippen LogP contribution is 2.24. The average Bonchev–Trinajstić information content (AvgIpc) is 2.92. The molecule has 1 amide bonds. The summed E-state index contributed by atoms with van der Waals surface area (Å²) in [6.07, 6.45) is 6.23. The monoisotopic (exact) mass is 289 g/mol. The molecule has 21 heavy (non-hydrogen) atoms. The van der Waals surface area contributed by atoms with Crippen molar-refractivity contribution in [2.24, 2.45) is 11.7 Å². The summed E-state index contributed by atoms with van der Waals surface area (Å²) in [4.78, 5) is 22.0. The highest BCUT2D eigenvalue weighted by Gasteiger charge is 2.26. The molecular weight excluding hydrogens is 270 g/mol. The number of benzene rings is 1. The van der Waals surface area contributed by atoms with Gasteiger partial charge in [-0.1, -0.05) is 6.42 Å². The van der Waals surface area contributed by atoms with Gasteiger partial charge < -0.3 is 11.1 Å². The largest absolute Gasteiger partial charge is 0.349 e. The third kappa shape index (κ3) is 4.13. The second-order valence-corrected chi connectivity index (χ2v) is 5.22. The molecular formula is C15H19N3O3. The number of nitrogens with two attached hydrogens (primary N) is 1. The highest BCUT2D eigenvalue weighted by atomic mass is 16.6. The predicted octanol–water partition coefficient (Wildman–Crippen LogP) is 1.85. The Kier molecular flexibility index (Phi) is 5.05. The summed E-state index contributed by atoms with van der Waals surface area (Å²) in [6, 6.07) is 6.21. The van der Waals surface area contributed by atoms with Gasteiger partial charge in [-0.3, -0.25) is 14.9 Å². The van der Waals surface area contributed by atoms with Crippen LogP contribution in [0.15, 0.2) is 30.3 Å². The molecule has 2 rings (SSSR count). The van der Waals surface area contributed by atoms with Crippen molar-refractivity contribution in [2.75, 3.05) is 6.54 Å². The van der Waals surface area contributed by atoms with Crippen LogP contribution < -0.4 is 11.1 Å². The summed E-state index contributed by atoms with van der Waals surface area (Å²) in [5.74, 6) is 0.209. The molecule has 0 saturated heterocycles. The quantitative estimate of drug-likeness (QED) is 0.491. The first-order chi connectivity index (χ1) is 10.1. The summed E-state index contributed by atoms with van der Waals surface area (Å²) >= 11 is 0. The number of hydrogen-bond acceptors (Lipinski definition) is 4. The molecule has 112 valence electrons. The van der Waals surface area contributed by atoms with Gasteiger partial charge in [0.15, 0.2) is 0 Å². The van der Waals surface area contributed by atoms with E-state index in [4.69, 9.17) is 5.73 Å². The minimum atomic E-state index is -0.451. The molecule has 0 spiro atoms. The molecule has 0 aliphatic heterocycles. The topological polar surface area (TPSA) is 98.3 Å². The number of rotatable bonds is 5. The van der Waals surface area contributed by atoms with Crippen LogP contribution in [0.5, 0.6) is 0 Å². The molecule has 3 N–H and O–H groups in total. The number of carbonyl (C=O) groups is 1. The Hall–Kier alpha value is -2.21. The third-order valence-corrected chi connectivity index (χ3v) is 3.82. The standard InChI is InChI=1S/C15H19N3O3/c16-10-12-2-1-3-14(12)17-15(19)9-6-11-4-7-13(8-5-11)18(20)21/h4-9,12,14H,1-3,10,16H2,(H,17,19). The molecule has 0 radical (unpaired) electrons. The van der Waals surface area contributed by atoms with Gasteiger partial charge in [-0.05, 0) is 49.1 Å². The lowest BCUT2D eigenvalue weighted by molar-refractivity contribution is -0.384. The Balaban J connectivity index is 1.91. The van der Waals surface area contributed by atoms with E-state index >= 15 is 0 Å². The maximum Gasteiger partial charge on any atom is 0.269 e. The van der Waals surface area contributed by atoms with Crippen LogP contribution in [0.2, 0.25) is 0 Å². The number of non-ortho nitro benzene ring substituents is 1. The number of carbonyl (C=O) groups excluding carboxylic acids is 1.